The Bertz CT molecular complexity index is 1100. The van der Waals surface area contributed by atoms with Crippen molar-refractivity contribution in [1.29, 1.82) is 0 Å². The van der Waals surface area contributed by atoms with E-state index in [-0.39, 0.29) is 24.3 Å². The number of H-pyrrole nitrogens is 1. The number of aliphatic hydroxyl groups is 1. The summed E-state index contributed by atoms with van der Waals surface area (Å²) in [4.78, 5) is 33.2. The Morgan fingerprint density at radius 3 is 2.52 bits per heavy atom. The lowest BCUT2D eigenvalue weighted by Gasteiger charge is -2.22. The van der Waals surface area contributed by atoms with Gasteiger partial charge in [0.1, 0.15) is 18.5 Å². The summed E-state index contributed by atoms with van der Waals surface area (Å²) in [6.07, 6.45) is -0.908. The van der Waals surface area contributed by atoms with Crippen molar-refractivity contribution >= 4 is 28.7 Å². The number of ether oxygens (including phenoxy) is 1. The second-order valence-corrected chi connectivity index (χ2v) is 7.04. The maximum absolute atomic E-state index is 12.5. The van der Waals surface area contributed by atoms with Gasteiger partial charge in [-0.3, -0.25) is 14.3 Å². The Hall–Kier alpha value is -2.78. The molecule has 0 bridgehead atoms. The Morgan fingerprint density at radius 2 is 1.90 bits per heavy atom. The molecular weight excluding hydrogens is 398 g/mol. The number of aliphatic hydroxyl groups excluding tert-OH is 1. The van der Waals surface area contributed by atoms with Gasteiger partial charge in [-0.25, -0.2) is 4.79 Å². The van der Waals surface area contributed by atoms with Crippen LogP contribution in [0.3, 0.4) is 0 Å². The first kappa shape index (κ1) is 20.9. The van der Waals surface area contributed by atoms with E-state index < -0.39 is 17.4 Å². The number of anilines is 1. The molecule has 0 unspecified atom stereocenters. The van der Waals surface area contributed by atoms with Crippen LogP contribution in [0.25, 0.3) is 11.2 Å². The van der Waals surface area contributed by atoms with Crippen molar-refractivity contribution in [2.45, 2.75) is 26.5 Å². The van der Waals surface area contributed by atoms with Crippen LogP contribution in [0.5, 0.6) is 5.75 Å². The van der Waals surface area contributed by atoms with Gasteiger partial charge < -0.3 is 19.3 Å². The molecule has 10 heteroatoms. The molecule has 0 spiro atoms. The highest BCUT2D eigenvalue weighted by molar-refractivity contribution is 6.30. The number of nitrogens with zero attached hydrogens (tertiary/aromatic N) is 4. The fraction of sp³-hybridized carbons (Fsp3) is 0.421. The van der Waals surface area contributed by atoms with Crippen LogP contribution < -0.4 is 20.9 Å². The summed E-state index contributed by atoms with van der Waals surface area (Å²) in [5.41, 5.74) is -0.573. The SMILES string of the molecule is CCN(CC)c1nc2c(c(=O)[nH]c(=O)n2C)n1C[C@H](O)COc1ccc(Cl)cc1. The number of benzene rings is 1. The molecule has 2 N–H and O–H groups in total. The number of aromatic amines is 1. The third-order valence-corrected chi connectivity index (χ3v) is 4.93. The van der Waals surface area contributed by atoms with E-state index in [4.69, 9.17) is 16.3 Å². The lowest BCUT2D eigenvalue weighted by Crippen LogP contribution is -2.32. The molecule has 0 amide bonds. The van der Waals surface area contributed by atoms with Gasteiger partial charge in [-0.2, -0.15) is 4.98 Å². The highest BCUT2D eigenvalue weighted by Gasteiger charge is 2.22. The van der Waals surface area contributed by atoms with Gasteiger partial charge in [0.05, 0.1) is 6.54 Å². The minimum absolute atomic E-state index is 0.0165. The predicted octanol–water partition coefficient (Wildman–Crippen LogP) is 1.36. The molecule has 29 heavy (non-hydrogen) atoms. The van der Waals surface area contributed by atoms with E-state index in [1.807, 2.05) is 18.7 Å². The van der Waals surface area contributed by atoms with Crippen molar-refractivity contribution in [2.24, 2.45) is 7.05 Å². The fourth-order valence-electron chi connectivity index (χ4n) is 3.13. The fourth-order valence-corrected chi connectivity index (χ4v) is 3.26. The lowest BCUT2D eigenvalue weighted by atomic mass is 10.3. The van der Waals surface area contributed by atoms with Gasteiger partial charge >= 0.3 is 5.69 Å². The minimum Gasteiger partial charge on any atom is -0.491 e. The highest BCUT2D eigenvalue weighted by Crippen LogP contribution is 2.20. The normalized spacial score (nSPS) is 12.3. The lowest BCUT2D eigenvalue weighted by molar-refractivity contribution is 0.0936. The molecule has 2 aromatic heterocycles. The summed E-state index contributed by atoms with van der Waals surface area (Å²) in [6, 6.07) is 6.82. The smallest absolute Gasteiger partial charge is 0.329 e. The van der Waals surface area contributed by atoms with Gasteiger partial charge in [-0.05, 0) is 38.1 Å². The molecular formula is C19H24ClN5O4. The topological polar surface area (TPSA) is 105 Å². The first-order valence-corrected chi connectivity index (χ1v) is 9.74. The summed E-state index contributed by atoms with van der Waals surface area (Å²) in [5.74, 6) is 1.09. The molecule has 2 heterocycles. The Morgan fingerprint density at radius 1 is 1.24 bits per heavy atom. The van der Waals surface area contributed by atoms with Crippen LogP contribution in [0.4, 0.5) is 5.95 Å². The molecule has 3 rings (SSSR count). The van der Waals surface area contributed by atoms with Crippen LogP contribution >= 0.6 is 11.6 Å². The summed E-state index contributed by atoms with van der Waals surface area (Å²) >= 11 is 5.86. The molecule has 156 valence electrons. The van der Waals surface area contributed by atoms with Gasteiger partial charge in [0, 0.05) is 25.2 Å². The Labute approximate surface area is 172 Å². The first-order valence-electron chi connectivity index (χ1n) is 9.36. The van der Waals surface area contributed by atoms with Crippen LogP contribution in [0.15, 0.2) is 33.9 Å². The third kappa shape index (κ3) is 4.30. The quantitative estimate of drug-likeness (QED) is 0.569. The van der Waals surface area contributed by atoms with Crippen LogP contribution in [0.2, 0.25) is 5.02 Å². The van der Waals surface area contributed by atoms with E-state index in [0.29, 0.717) is 29.8 Å². The van der Waals surface area contributed by atoms with Gasteiger partial charge in [-0.15, -0.1) is 0 Å². The molecule has 9 nitrogen and oxygen atoms in total. The van der Waals surface area contributed by atoms with Crippen molar-refractivity contribution in [3.05, 3.63) is 50.1 Å². The van der Waals surface area contributed by atoms with Gasteiger partial charge in [0.25, 0.3) is 5.56 Å². The largest absolute Gasteiger partial charge is 0.491 e. The Balaban J connectivity index is 1.94. The number of rotatable bonds is 8. The summed E-state index contributed by atoms with van der Waals surface area (Å²) in [6.45, 7) is 5.35. The number of hydrogen-bond acceptors (Lipinski definition) is 6. The Kier molecular flexibility index (Phi) is 6.29. The summed E-state index contributed by atoms with van der Waals surface area (Å²) < 4.78 is 8.54. The van der Waals surface area contributed by atoms with E-state index in [1.165, 1.54) is 4.57 Å². The number of nitrogens with one attached hydrogen (secondary N) is 1. The minimum atomic E-state index is -0.908. The summed E-state index contributed by atoms with van der Waals surface area (Å²) in [5, 5.41) is 11.2. The van der Waals surface area contributed by atoms with E-state index in [1.54, 1.807) is 35.9 Å². The number of hydrogen-bond donors (Lipinski definition) is 2. The number of aryl methyl sites for hydroxylation is 1. The zero-order valence-corrected chi connectivity index (χ0v) is 17.3. The zero-order chi connectivity index (χ0) is 21.1. The second-order valence-electron chi connectivity index (χ2n) is 6.60. The van der Waals surface area contributed by atoms with Crippen LogP contribution in [0, 0.1) is 0 Å². The monoisotopic (exact) mass is 421 g/mol. The highest BCUT2D eigenvalue weighted by atomic mass is 35.5. The molecule has 1 aromatic carbocycles. The van der Waals surface area contributed by atoms with Crippen molar-refractivity contribution in [3.8, 4) is 5.75 Å². The van der Waals surface area contributed by atoms with Crippen LogP contribution in [-0.2, 0) is 13.6 Å². The van der Waals surface area contributed by atoms with E-state index in [9.17, 15) is 14.7 Å². The standard InChI is InChI=1S/C19H24ClN5O4/c1-4-24(5-2)18-21-16-15(17(27)22-19(28)23(16)3)25(18)10-13(26)11-29-14-8-6-12(20)7-9-14/h6-9,13,26H,4-5,10-11H2,1-3H3,(H,22,27,28)/t13-/m0/s1. The number of imidazole rings is 1. The maximum Gasteiger partial charge on any atom is 0.329 e. The number of aromatic nitrogens is 4. The van der Waals surface area contributed by atoms with Crippen LogP contribution in [-0.4, -0.2) is 50.0 Å². The van der Waals surface area contributed by atoms with Crippen LogP contribution in [0.1, 0.15) is 13.8 Å². The van der Waals surface area contributed by atoms with Crippen molar-refractivity contribution in [1.82, 2.24) is 19.1 Å². The molecule has 0 fully saturated rings. The number of fused-ring (bicyclic) bond motifs is 1. The molecule has 0 saturated carbocycles. The van der Waals surface area contributed by atoms with E-state index in [2.05, 4.69) is 9.97 Å². The van der Waals surface area contributed by atoms with Crippen molar-refractivity contribution < 1.29 is 9.84 Å². The van der Waals surface area contributed by atoms with Crippen molar-refractivity contribution in [3.63, 3.8) is 0 Å². The summed E-state index contributed by atoms with van der Waals surface area (Å²) in [7, 11) is 1.55. The average Bonchev–Trinajstić information content (AvgIpc) is 3.06. The molecule has 0 radical (unpaired) electrons. The van der Waals surface area contributed by atoms with Gasteiger partial charge in [0.2, 0.25) is 5.95 Å². The second kappa shape index (κ2) is 8.71. The first-order chi connectivity index (χ1) is 13.8. The molecule has 0 aliphatic carbocycles. The predicted molar refractivity (Wildman–Crippen MR) is 112 cm³/mol. The van der Waals surface area contributed by atoms with E-state index >= 15 is 0 Å². The molecule has 3 aromatic rings. The average molecular weight is 422 g/mol. The van der Waals surface area contributed by atoms with Gasteiger partial charge in [0.15, 0.2) is 11.2 Å². The molecule has 1 atom stereocenters. The zero-order valence-electron chi connectivity index (χ0n) is 16.6. The van der Waals surface area contributed by atoms with Gasteiger partial charge in [-0.1, -0.05) is 11.6 Å². The van der Waals surface area contributed by atoms with E-state index in [0.717, 1.165) is 0 Å². The third-order valence-electron chi connectivity index (χ3n) is 4.68. The number of halogens is 1. The maximum atomic E-state index is 12.5. The molecule has 0 saturated heterocycles. The van der Waals surface area contributed by atoms with Crippen molar-refractivity contribution in [2.75, 3.05) is 24.6 Å². The molecule has 0 aliphatic rings. The molecule has 0 aliphatic heterocycles.